The first kappa shape index (κ1) is 17.4. The molecule has 0 saturated heterocycles. The summed E-state index contributed by atoms with van der Waals surface area (Å²) in [7, 11) is 0. The predicted octanol–water partition coefficient (Wildman–Crippen LogP) is 5.13. The van der Waals surface area contributed by atoms with Crippen LogP contribution in [-0.2, 0) is 6.54 Å². The molecular formula is C22H16N4O2S. The number of benzene rings is 2. The number of hydrogen-bond donors (Lipinski definition) is 2. The lowest BCUT2D eigenvalue weighted by Crippen LogP contribution is -2.38. The zero-order valence-corrected chi connectivity index (χ0v) is 16.1. The molecule has 5 rings (SSSR count). The Morgan fingerprint density at radius 1 is 1.00 bits per heavy atom. The number of fused-ring (bicyclic) bond motifs is 1. The van der Waals surface area contributed by atoms with Crippen LogP contribution in [0.25, 0.3) is 21.7 Å². The van der Waals surface area contributed by atoms with Gasteiger partial charge in [0.05, 0.1) is 6.54 Å². The number of phenols is 1. The fourth-order valence-electron chi connectivity index (χ4n) is 3.32. The van der Waals surface area contributed by atoms with Crippen LogP contribution in [0.2, 0.25) is 0 Å². The summed E-state index contributed by atoms with van der Waals surface area (Å²) in [5.74, 6) is 0.839. The monoisotopic (exact) mass is 400 g/mol. The van der Waals surface area contributed by atoms with Gasteiger partial charge in [0.2, 0.25) is 0 Å². The van der Waals surface area contributed by atoms with Crippen molar-refractivity contribution in [2.45, 2.75) is 6.54 Å². The van der Waals surface area contributed by atoms with Gasteiger partial charge in [-0.15, -0.1) is 11.3 Å². The molecule has 0 spiro atoms. The summed E-state index contributed by atoms with van der Waals surface area (Å²) in [5, 5.41) is 15.4. The largest absolute Gasteiger partial charge is 0.508 e. The number of rotatable bonds is 3. The van der Waals surface area contributed by atoms with Gasteiger partial charge in [0.15, 0.2) is 0 Å². The Balaban J connectivity index is 1.43. The van der Waals surface area contributed by atoms with E-state index < -0.39 is 0 Å². The minimum atomic E-state index is -0.211. The van der Waals surface area contributed by atoms with E-state index in [1.807, 2.05) is 41.8 Å². The van der Waals surface area contributed by atoms with Crippen molar-refractivity contribution in [3.8, 4) is 27.4 Å². The van der Waals surface area contributed by atoms with Crippen LogP contribution in [0.5, 0.6) is 5.75 Å². The maximum absolute atomic E-state index is 12.7. The van der Waals surface area contributed by atoms with Crippen LogP contribution in [-0.4, -0.2) is 21.1 Å². The van der Waals surface area contributed by atoms with Crippen LogP contribution in [0.4, 0.5) is 16.3 Å². The molecule has 0 saturated carbocycles. The van der Waals surface area contributed by atoms with Gasteiger partial charge in [-0.1, -0.05) is 24.3 Å². The molecule has 7 heteroatoms. The highest BCUT2D eigenvalue weighted by Gasteiger charge is 2.26. The molecule has 6 nitrogen and oxygen atoms in total. The van der Waals surface area contributed by atoms with E-state index in [0.29, 0.717) is 12.4 Å². The smallest absolute Gasteiger partial charge is 0.327 e. The summed E-state index contributed by atoms with van der Waals surface area (Å²) in [6.45, 7) is 0.445. The van der Waals surface area contributed by atoms with Gasteiger partial charge in [-0.2, -0.15) is 0 Å². The quantitative estimate of drug-likeness (QED) is 0.500. The van der Waals surface area contributed by atoms with Crippen LogP contribution in [0.3, 0.4) is 0 Å². The average molecular weight is 400 g/mol. The molecule has 1 aliphatic heterocycles. The summed E-state index contributed by atoms with van der Waals surface area (Å²) < 4.78 is 0. The van der Waals surface area contributed by atoms with Gasteiger partial charge >= 0.3 is 6.03 Å². The highest BCUT2D eigenvalue weighted by Crippen LogP contribution is 2.34. The Bertz CT molecular complexity index is 1210. The minimum Gasteiger partial charge on any atom is -0.508 e. The highest BCUT2D eigenvalue weighted by molar-refractivity contribution is 7.13. The molecular weight excluding hydrogens is 384 g/mol. The molecule has 0 fully saturated rings. The zero-order valence-electron chi connectivity index (χ0n) is 15.2. The van der Waals surface area contributed by atoms with Crippen LogP contribution in [0.1, 0.15) is 5.56 Å². The Kier molecular flexibility index (Phi) is 4.22. The maximum atomic E-state index is 12.7. The number of carbonyl (C=O) groups excluding carboxylic acids is 1. The number of urea groups is 1. The minimum absolute atomic E-state index is 0.211. The number of hydrogen-bond acceptors (Lipinski definition) is 5. The number of amides is 2. The second-order valence-electron chi connectivity index (χ2n) is 6.69. The Morgan fingerprint density at radius 3 is 2.66 bits per heavy atom. The van der Waals surface area contributed by atoms with E-state index in [0.717, 1.165) is 32.9 Å². The van der Waals surface area contributed by atoms with E-state index in [1.54, 1.807) is 35.5 Å². The van der Waals surface area contributed by atoms with Gasteiger partial charge in [-0.05, 0) is 47.0 Å². The van der Waals surface area contributed by atoms with Crippen LogP contribution < -0.4 is 10.2 Å². The van der Waals surface area contributed by atoms with Crippen molar-refractivity contribution in [1.82, 2.24) is 9.97 Å². The van der Waals surface area contributed by atoms with Crippen molar-refractivity contribution < 1.29 is 9.90 Å². The highest BCUT2D eigenvalue weighted by atomic mass is 32.1. The van der Waals surface area contributed by atoms with Crippen molar-refractivity contribution in [2.24, 2.45) is 0 Å². The Labute approximate surface area is 171 Å². The SMILES string of the molecule is O=C1Nc2cc(-c3cccc(O)c3)ccc2CN1c1csc(-c2ccncc2)n1. The lowest BCUT2D eigenvalue weighted by atomic mass is 10.0. The number of thiazole rings is 1. The average Bonchev–Trinajstić information content (AvgIpc) is 3.23. The van der Waals surface area contributed by atoms with Crippen molar-refractivity contribution in [2.75, 3.05) is 10.2 Å². The first-order chi connectivity index (χ1) is 14.2. The third-order valence-electron chi connectivity index (χ3n) is 4.80. The first-order valence-electron chi connectivity index (χ1n) is 9.04. The Morgan fingerprint density at radius 2 is 1.83 bits per heavy atom. The summed E-state index contributed by atoms with van der Waals surface area (Å²) in [4.78, 5) is 23.0. The van der Waals surface area contributed by atoms with Gasteiger partial charge < -0.3 is 10.4 Å². The number of nitrogens with one attached hydrogen (secondary N) is 1. The number of nitrogens with zero attached hydrogens (tertiary/aromatic N) is 3. The van der Waals surface area contributed by atoms with E-state index in [1.165, 1.54) is 11.3 Å². The molecule has 2 aromatic heterocycles. The van der Waals surface area contributed by atoms with E-state index in [4.69, 9.17) is 0 Å². The first-order valence-corrected chi connectivity index (χ1v) is 9.92. The van der Waals surface area contributed by atoms with Crippen molar-refractivity contribution in [3.05, 3.63) is 77.9 Å². The van der Waals surface area contributed by atoms with Gasteiger partial charge in [-0.3, -0.25) is 9.88 Å². The Hall–Kier alpha value is -3.71. The van der Waals surface area contributed by atoms with Crippen LogP contribution in [0.15, 0.2) is 72.4 Å². The number of pyridine rings is 1. The molecule has 29 heavy (non-hydrogen) atoms. The van der Waals surface area contributed by atoms with Gasteiger partial charge in [0, 0.05) is 29.0 Å². The molecule has 0 bridgehead atoms. The van der Waals surface area contributed by atoms with Crippen molar-refractivity contribution >= 4 is 28.9 Å². The zero-order chi connectivity index (χ0) is 19.8. The lowest BCUT2D eigenvalue weighted by Gasteiger charge is -2.28. The van der Waals surface area contributed by atoms with E-state index in [-0.39, 0.29) is 11.8 Å². The predicted molar refractivity (Wildman–Crippen MR) is 114 cm³/mol. The molecule has 4 aromatic rings. The second-order valence-corrected chi connectivity index (χ2v) is 7.54. The summed E-state index contributed by atoms with van der Waals surface area (Å²) in [6, 6.07) is 16.6. The number of phenolic OH excluding ortho intramolecular Hbond substituents is 1. The standard InChI is InChI=1S/C22H16N4O2S/c27-18-3-1-2-15(10-18)16-4-5-17-12-26(22(28)24-19(17)11-16)20-13-29-21(25-20)14-6-8-23-9-7-14/h1-11,13,27H,12H2,(H,24,28). The van der Waals surface area contributed by atoms with Gasteiger partial charge in [0.25, 0.3) is 0 Å². The molecule has 1 aliphatic rings. The number of aromatic nitrogens is 2. The van der Waals surface area contributed by atoms with E-state index >= 15 is 0 Å². The summed E-state index contributed by atoms with van der Waals surface area (Å²) in [6.07, 6.45) is 3.45. The van der Waals surface area contributed by atoms with Crippen molar-refractivity contribution in [3.63, 3.8) is 0 Å². The molecule has 2 amide bonds. The topological polar surface area (TPSA) is 78.4 Å². The molecule has 0 aliphatic carbocycles. The summed E-state index contributed by atoms with van der Waals surface area (Å²) >= 11 is 1.50. The van der Waals surface area contributed by atoms with Gasteiger partial charge in [-0.25, -0.2) is 9.78 Å². The van der Waals surface area contributed by atoms with Crippen LogP contribution in [0, 0.1) is 0 Å². The fraction of sp³-hybridized carbons (Fsp3) is 0.0455. The molecule has 142 valence electrons. The van der Waals surface area contributed by atoms with E-state index in [9.17, 15) is 9.90 Å². The van der Waals surface area contributed by atoms with Crippen molar-refractivity contribution in [1.29, 1.82) is 0 Å². The second kappa shape index (κ2) is 7.03. The summed E-state index contributed by atoms with van der Waals surface area (Å²) in [5.41, 5.74) is 4.58. The van der Waals surface area contributed by atoms with Gasteiger partial charge in [0.1, 0.15) is 16.6 Å². The normalized spacial score (nSPS) is 13.1. The third kappa shape index (κ3) is 3.32. The maximum Gasteiger partial charge on any atom is 0.327 e. The lowest BCUT2D eigenvalue weighted by molar-refractivity contribution is 0.256. The molecule has 2 aromatic carbocycles. The van der Waals surface area contributed by atoms with Crippen LogP contribution >= 0.6 is 11.3 Å². The number of anilines is 2. The molecule has 2 N–H and O–H groups in total. The third-order valence-corrected chi connectivity index (χ3v) is 5.68. The number of aromatic hydroxyl groups is 1. The molecule has 0 radical (unpaired) electrons. The fourth-order valence-corrected chi connectivity index (χ4v) is 4.14. The molecule has 3 heterocycles. The molecule has 0 atom stereocenters. The van der Waals surface area contributed by atoms with E-state index in [2.05, 4.69) is 15.3 Å². The number of carbonyl (C=O) groups is 1. The molecule has 0 unspecified atom stereocenters.